The molecule has 0 amide bonds. The van der Waals surface area contributed by atoms with Gasteiger partial charge < -0.3 is 0 Å². The van der Waals surface area contributed by atoms with Crippen molar-refractivity contribution >= 4 is 20.9 Å². The first-order valence-corrected chi connectivity index (χ1v) is 8.17. The van der Waals surface area contributed by atoms with E-state index in [1.165, 1.54) is 10.2 Å². The van der Waals surface area contributed by atoms with E-state index in [1.807, 2.05) is 30.3 Å². The van der Waals surface area contributed by atoms with Crippen molar-refractivity contribution in [2.24, 2.45) is 0 Å². The zero-order valence-corrected chi connectivity index (χ0v) is 12.1. The van der Waals surface area contributed by atoms with Crippen LogP contribution in [-0.4, -0.2) is 18.6 Å². The van der Waals surface area contributed by atoms with Crippen molar-refractivity contribution in [1.29, 1.82) is 5.26 Å². The number of hydrogen-bond acceptors (Lipinski definition) is 3. The van der Waals surface area contributed by atoms with Crippen LogP contribution in [0.5, 0.6) is 0 Å². The summed E-state index contributed by atoms with van der Waals surface area (Å²) in [6.45, 7) is 0. The molecule has 0 unspecified atom stereocenters. The van der Waals surface area contributed by atoms with E-state index < -0.39 is 10.0 Å². The molecule has 0 aliphatic heterocycles. The van der Waals surface area contributed by atoms with Gasteiger partial charge in [-0.3, -0.25) is 0 Å². The van der Waals surface area contributed by atoms with Gasteiger partial charge in [0.1, 0.15) is 0 Å². The Morgan fingerprint density at radius 1 is 1.05 bits per heavy atom. The quantitative estimate of drug-likeness (QED) is 0.730. The lowest BCUT2D eigenvalue weighted by Crippen LogP contribution is -2.11. The van der Waals surface area contributed by atoms with Gasteiger partial charge >= 0.3 is 0 Å². The molecule has 0 aliphatic carbocycles. The Morgan fingerprint density at radius 2 is 1.76 bits per heavy atom. The van der Waals surface area contributed by atoms with Gasteiger partial charge in [0, 0.05) is 5.39 Å². The Hall–Kier alpha value is -2.58. The molecule has 0 aliphatic rings. The zero-order valence-electron chi connectivity index (χ0n) is 11.3. The summed E-state index contributed by atoms with van der Waals surface area (Å²) in [6, 6.07) is 18.2. The van der Waals surface area contributed by atoms with Crippen molar-refractivity contribution in [3.05, 3.63) is 60.2 Å². The molecule has 0 spiro atoms. The predicted octanol–water partition coefficient (Wildman–Crippen LogP) is 2.99. The fourth-order valence-electron chi connectivity index (χ4n) is 2.43. The molecule has 0 N–H and O–H groups in total. The Labute approximate surface area is 122 Å². The first-order valence-electron chi connectivity index (χ1n) is 6.32. The van der Waals surface area contributed by atoms with Crippen LogP contribution in [0, 0.1) is 11.3 Å². The molecule has 0 atom stereocenters. The van der Waals surface area contributed by atoms with Crippen molar-refractivity contribution in [3.8, 4) is 17.3 Å². The van der Waals surface area contributed by atoms with Gasteiger partial charge in [0.05, 0.1) is 29.1 Å². The summed E-state index contributed by atoms with van der Waals surface area (Å²) in [4.78, 5) is 0. The lowest BCUT2D eigenvalue weighted by atomic mass is 10.1. The summed E-state index contributed by atoms with van der Waals surface area (Å²) in [6.07, 6.45) is 1.18. The van der Waals surface area contributed by atoms with Crippen LogP contribution < -0.4 is 0 Å². The smallest absolute Gasteiger partial charge is 0.236 e. The SMILES string of the molecule is CS(=O)(=O)n1c(-c2ccccc2)cc2cc(C#N)ccc21. The maximum absolute atomic E-state index is 12.2. The van der Waals surface area contributed by atoms with Crippen LogP contribution in [-0.2, 0) is 10.0 Å². The minimum absolute atomic E-state index is 0.507. The molecule has 1 aromatic heterocycles. The first-order chi connectivity index (χ1) is 10.0. The summed E-state index contributed by atoms with van der Waals surface area (Å²) in [5.74, 6) is 0. The lowest BCUT2D eigenvalue weighted by Gasteiger charge is -2.08. The number of fused-ring (bicyclic) bond motifs is 1. The van der Waals surface area contributed by atoms with Gasteiger partial charge in [-0.05, 0) is 29.8 Å². The fourth-order valence-corrected chi connectivity index (χ4v) is 3.47. The van der Waals surface area contributed by atoms with Crippen LogP contribution in [0.4, 0.5) is 0 Å². The summed E-state index contributed by atoms with van der Waals surface area (Å²) in [7, 11) is -3.45. The van der Waals surface area contributed by atoms with Crippen molar-refractivity contribution in [3.63, 3.8) is 0 Å². The molecule has 1 heterocycles. The Bertz CT molecular complexity index is 965. The van der Waals surface area contributed by atoms with Crippen molar-refractivity contribution in [2.75, 3.05) is 6.26 Å². The maximum Gasteiger partial charge on any atom is 0.236 e. The average molecular weight is 296 g/mol. The Morgan fingerprint density at radius 3 is 2.38 bits per heavy atom. The highest BCUT2D eigenvalue weighted by Crippen LogP contribution is 2.30. The van der Waals surface area contributed by atoms with Crippen LogP contribution in [0.25, 0.3) is 22.2 Å². The molecule has 3 rings (SSSR count). The van der Waals surface area contributed by atoms with E-state index in [0.717, 1.165) is 10.9 Å². The van der Waals surface area contributed by atoms with Gasteiger partial charge in [0.25, 0.3) is 0 Å². The van der Waals surface area contributed by atoms with Crippen molar-refractivity contribution in [2.45, 2.75) is 0 Å². The van der Waals surface area contributed by atoms with Gasteiger partial charge in [0.15, 0.2) is 0 Å². The molecule has 104 valence electrons. The van der Waals surface area contributed by atoms with E-state index in [-0.39, 0.29) is 0 Å². The highest BCUT2D eigenvalue weighted by molar-refractivity contribution is 7.89. The molecule has 21 heavy (non-hydrogen) atoms. The second kappa shape index (κ2) is 4.76. The summed E-state index contributed by atoms with van der Waals surface area (Å²) >= 11 is 0. The van der Waals surface area contributed by atoms with Gasteiger partial charge in [-0.1, -0.05) is 30.3 Å². The number of rotatable bonds is 2. The van der Waals surface area contributed by atoms with Crippen LogP contribution in [0.3, 0.4) is 0 Å². The fraction of sp³-hybridized carbons (Fsp3) is 0.0625. The van der Waals surface area contributed by atoms with Gasteiger partial charge in [-0.15, -0.1) is 0 Å². The van der Waals surface area contributed by atoms with E-state index in [9.17, 15) is 8.42 Å². The number of hydrogen-bond donors (Lipinski definition) is 0. The molecule has 0 bridgehead atoms. The minimum atomic E-state index is -3.45. The minimum Gasteiger partial charge on any atom is -0.237 e. The molecule has 2 aromatic carbocycles. The van der Waals surface area contributed by atoms with E-state index in [1.54, 1.807) is 24.3 Å². The molecule has 0 saturated carbocycles. The first kappa shape index (κ1) is 13.4. The average Bonchev–Trinajstić information content (AvgIpc) is 2.86. The highest BCUT2D eigenvalue weighted by Gasteiger charge is 2.17. The van der Waals surface area contributed by atoms with Crippen LogP contribution in [0.1, 0.15) is 5.56 Å². The van der Waals surface area contributed by atoms with E-state index in [0.29, 0.717) is 16.8 Å². The number of benzene rings is 2. The van der Waals surface area contributed by atoms with E-state index in [2.05, 4.69) is 6.07 Å². The van der Waals surface area contributed by atoms with Crippen LogP contribution in [0.2, 0.25) is 0 Å². The zero-order chi connectivity index (χ0) is 15.0. The van der Waals surface area contributed by atoms with Crippen molar-refractivity contribution < 1.29 is 8.42 Å². The Kier molecular flexibility index (Phi) is 3.04. The van der Waals surface area contributed by atoms with Gasteiger partial charge in [-0.25, -0.2) is 12.4 Å². The van der Waals surface area contributed by atoms with Crippen LogP contribution in [0.15, 0.2) is 54.6 Å². The molecule has 0 radical (unpaired) electrons. The standard InChI is InChI=1S/C16H12N2O2S/c1-21(19,20)18-15-8-7-12(11-17)9-14(15)10-16(18)13-5-3-2-4-6-13/h2-10H,1H3. The third-order valence-electron chi connectivity index (χ3n) is 3.29. The third-order valence-corrected chi connectivity index (χ3v) is 4.34. The normalized spacial score (nSPS) is 11.4. The largest absolute Gasteiger partial charge is 0.237 e. The monoisotopic (exact) mass is 296 g/mol. The number of aromatic nitrogens is 1. The molecule has 5 heteroatoms. The molecule has 0 saturated heterocycles. The van der Waals surface area contributed by atoms with Crippen LogP contribution >= 0.6 is 0 Å². The van der Waals surface area contributed by atoms with Gasteiger partial charge in [0.2, 0.25) is 10.0 Å². The third kappa shape index (κ3) is 2.30. The molecule has 0 fully saturated rings. The maximum atomic E-state index is 12.2. The highest BCUT2D eigenvalue weighted by atomic mass is 32.2. The summed E-state index contributed by atoms with van der Waals surface area (Å²) < 4.78 is 25.6. The van der Waals surface area contributed by atoms with Crippen molar-refractivity contribution in [1.82, 2.24) is 3.97 Å². The second-order valence-corrected chi connectivity index (χ2v) is 6.64. The molecule has 4 nitrogen and oxygen atoms in total. The number of nitriles is 1. The topological polar surface area (TPSA) is 62.9 Å². The van der Waals surface area contributed by atoms with E-state index in [4.69, 9.17) is 5.26 Å². The summed E-state index contributed by atoms with van der Waals surface area (Å²) in [5.41, 5.74) is 2.50. The number of nitrogens with zero attached hydrogens (tertiary/aromatic N) is 2. The molecular weight excluding hydrogens is 284 g/mol. The van der Waals surface area contributed by atoms with E-state index >= 15 is 0 Å². The van der Waals surface area contributed by atoms with Gasteiger partial charge in [-0.2, -0.15) is 5.26 Å². The predicted molar refractivity (Wildman–Crippen MR) is 82.3 cm³/mol. The summed E-state index contributed by atoms with van der Waals surface area (Å²) in [5, 5.41) is 9.71. The Balaban J connectivity index is 2.42. The lowest BCUT2D eigenvalue weighted by molar-refractivity contribution is 0.595. The molecular formula is C16H12N2O2S. The second-order valence-electron chi connectivity index (χ2n) is 4.81. The molecule has 3 aromatic rings.